The highest BCUT2D eigenvalue weighted by Gasteiger charge is 2.32. The van der Waals surface area contributed by atoms with E-state index in [1.54, 1.807) is 7.11 Å². The highest BCUT2D eigenvalue weighted by atomic mass is 16.5. The summed E-state index contributed by atoms with van der Waals surface area (Å²) in [5.41, 5.74) is 6.61. The number of carbonyl (C=O) groups is 1. The first-order chi connectivity index (χ1) is 8.01. The molecule has 0 bridgehead atoms. The zero-order chi connectivity index (χ0) is 12.9. The lowest BCUT2D eigenvalue weighted by Gasteiger charge is -2.33. The van der Waals surface area contributed by atoms with Crippen LogP contribution in [0.3, 0.4) is 0 Å². The van der Waals surface area contributed by atoms with Crippen LogP contribution in [0.25, 0.3) is 0 Å². The standard InChI is InChI=1S/C13H24N2O2/c1-4-7-13(2,14)12(16)15-8-5-11(6-9-15)10-17-3/h5H,4,6-10,14H2,1-3H3. The van der Waals surface area contributed by atoms with E-state index in [-0.39, 0.29) is 5.91 Å². The third-order valence-corrected chi connectivity index (χ3v) is 3.18. The van der Waals surface area contributed by atoms with Crippen LogP contribution in [0.5, 0.6) is 0 Å². The number of amides is 1. The lowest BCUT2D eigenvalue weighted by molar-refractivity contribution is -0.136. The van der Waals surface area contributed by atoms with Crippen molar-refractivity contribution in [2.24, 2.45) is 5.73 Å². The molecule has 1 unspecified atom stereocenters. The first-order valence-electron chi connectivity index (χ1n) is 6.26. The largest absolute Gasteiger partial charge is 0.380 e. The summed E-state index contributed by atoms with van der Waals surface area (Å²) in [5, 5.41) is 0. The maximum absolute atomic E-state index is 12.2. The second kappa shape index (κ2) is 6.17. The molecule has 1 aliphatic heterocycles. The van der Waals surface area contributed by atoms with Crippen molar-refractivity contribution in [1.82, 2.24) is 4.90 Å². The molecule has 1 heterocycles. The summed E-state index contributed by atoms with van der Waals surface area (Å²) in [6.07, 6.45) is 4.63. The van der Waals surface area contributed by atoms with Gasteiger partial charge in [0.1, 0.15) is 0 Å². The summed E-state index contributed by atoms with van der Waals surface area (Å²) in [6, 6.07) is 0. The van der Waals surface area contributed by atoms with Crippen LogP contribution in [-0.2, 0) is 9.53 Å². The Morgan fingerprint density at radius 2 is 2.35 bits per heavy atom. The third-order valence-electron chi connectivity index (χ3n) is 3.18. The van der Waals surface area contributed by atoms with Crippen LogP contribution in [-0.4, -0.2) is 43.2 Å². The van der Waals surface area contributed by atoms with Gasteiger partial charge < -0.3 is 15.4 Å². The van der Waals surface area contributed by atoms with E-state index in [0.29, 0.717) is 13.2 Å². The minimum atomic E-state index is -0.721. The number of hydrogen-bond donors (Lipinski definition) is 1. The molecule has 17 heavy (non-hydrogen) atoms. The minimum Gasteiger partial charge on any atom is -0.380 e. The molecule has 1 amide bonds. The molecule has 4 heteroatoms. The van der Waals surface area contributed by atoms with E-state index in [9.17, 15) is 4.79 Å². The normalized spacial score (nSPS) is 19.8. The van der Waals surface area contributed by atoms with Gasteiger partial charge in [-0.15, -0.1) is 0 Å². The Bertz CT molecular complexity index is 298. The molecular formula is C13H24N2O2. The van der Waals surface area contributed by atoms with E-state index in [1.807, 2.05) is 18.7 Å². The van der Waals surface area contributed by atoms with Crippen LogP contribution < -0.4 is 5.73 Å². The molecule has 0 fully saturated rings. The summed E-state index contributed by atoms with van der Waals surface area (Å²) in [5.74, 6) is 0.0621. The first kappa shape index (κ1) is 14.2. The number of hydrogen-bond acceptors (Lipinski definition) is 3. The SMILES string of the molecule is CCCC(C)(N)C(=O)N1CC=C(COC)CC1. The Morgan fingerprint density at radius 3 is 2.82 bits per heavy atom. The monoisotopic (exact) mass is 240 g/mol. The van der Waals surface area contributed by atoms with Gasteiger partial charge in [0.15, 0.2) is 0 Å². The molecule has 0 spiro atoms. The fourth-order valence-corrected chi connectivity index (χ4v) is 2.20. The van der Waals surface area contributed by atoms with Gasteiger partial charge in [0.05, 0.1) is 12.1 Å². The molecule has 98 valence electrons. The van der Waals surface area contributed by atoms with Gasteiger partial charge in [-0.05, 0) is 25.3 Å². The first-order valence-corrected chi connectivity index (χ1v) is 6.26. The topological polar surface area (TPSA) is 55.6 Å². The van der Waals surface area contributed by atoms with Crippen molar-refractivity contribution in [3.63, 3.8) is 0 Å². The maximum Gasteiger partial charge on any atom is 0.242 e. The second-order valence-corrected chi connectivity index (χ2v) is 4.96. The predicted octanol–water partition coefficient (Wildman–Crippen LogP) is 1.31. The number of rotatable bonds is 5. The van der Waals surface area contributed by atoms with Crippen LogP contribution in [0.2, 0.25) is 0 Å². The summed E-state index contributed by atoms with van der Waals surface area (Å²) in [4.78, 5) is 14.1. The maximum atomic E-state index is 12.2. The molecule has 0 aromatic rings. The van der Waals surface area contributed by atoms with Gasteiger partial charge in [-0.3, -0.25) is 4.79 Å². The second-order valence-electron chi connectivity index (χ2n) is 4.96. The van der Waals surface area contributed by atoms with Gasteiger partial charge >= 0.3 is 0 Å². The van der Waals surface area contributed by atoms with Gasteiger partial charge in [0.2, 0.25) is 5.91 Å². The van der Waals surface area contributed by atoms with Crippen molar-refractivity contribution in [3.05, 3.63) is 11.6 Å². The molecule has 0 saturated heterocycles. The molecule has 0 aliphatic carbocycles. The number of ether oxygens (including phenoxy) is 1. The highest BCUT2D eigenvalue weighted by molar-refractivity contribution is 5.86. The lowest BCUT2D eigenvalue weighted by Crippen LogP contribution is -2.54. The van der Waals surface area contributed by atoms with E-state index in [1.165, 1.54) is 5.57 Å². The average molecular weight is 240 g/mol. The molecule has 0 aromatic heterocycles. The van der Waals surface area contributed by atoms with Crippen molar-refractivity contribution in [2.45, 2.75) is 38.6 Å². The zero-order valence-electron chi connectivity index (χ0n) is 11.2. The van der Waals surface area contributed by atoms with E-state index in [0.717, 1.165) is 25.8 Å². The van der Waals surface area contributed by atoms with Crippen LogP contribution in [0.4, 0.5) is 0 Å². The Morgan fingerprint density at radius 1 is 1.65 bits per heavy atom. The van der Waals surface area contributed by atoms with E-state index in [4.69, 9.17) is 10.5 Å². The molecule has 1 aliphatic rings. The Labute approximate surface area is 104 Å². The van der Waals surface area contributed by atoms with Crippen LogP contribution in [0.1, 0.15) is 33.1 Å². The predicted molar refractivity (Wildman–Crippen MR) is 68.7 cm³/mol. The molecule has 0 saturated carbocycles. The number of nitrogens with two attached hydrogens (primary N) is 1. The molecule has 0 radical (unpaired) electrons. The Hall–Kier alpha value is -0.870. The molecular weight excluding hydrogens is 216 g/mol. The molecule has 1 rings (SSSR count). The lowest BCUT2D eigenvalue weighted by atomic mass is 9.94. The van der Waals surface area contributed by atoms with Crippen LogP contribution >= 0.6 is 0 Å². The smallest absolute Gasteiger partial charge is 0.242 e. The molecule has 4 nitrogen and oxygen atoms in total. The summed E-state index contributed by atoms with van der Waals surface area (Å²) in [6.45, 7) is 5.95. The van der Waals surface area contributed by atoms with E-state index >= 15 is 0 Å². The highest BCUT2D eigenvalue weighted by Crippen LogP contribution is 2.17. The minimum absolute atomic E-state index is 0.0621. The third kappa shape index (κ3) is 3.82. The molecule has 2 N–H and O–H groups in total. The Balaban J connectivity index is 2.56. The zero-order valence-corrected chi connectivity index (χ0v) is 11.2. The fourth-order valence-electron chi connectivity index (χ4n) is 2.20. The number of carbonyl (C=O) groups excluding carboxylic acids is 1. The van der Waals surface area contributed by atoms with Crippen molar-refractivity contribution in [1.29, 1.82) is 0 Å². The van der Waals surface area contributed by atoms with Crippen molar-refractivity contribution in [2.75, 3.05) is 26.8 Å². The van der Waals surface area contributed by atoms with Crippen molar-refractivity contribution < 1.29 is 9.53 Å². The van der Waals surface area contributed by atoms with E-state index < -0.39 is 5.54 Å². The van der Waals surface area contributed by atoms with Gasteiger partial charge in [0, 0.05) is 20.2 Å². The molecule has 0 aromatic carbocycles. The average Bonchev–Trinajstić information content (AvgIpc) is 2.29. The van der Waals surface area contributed by atoms with Crippen molar-refractivity contribution >= 4 is 5.91 Å². The molecule has 1 atom stereocenters. The summed E-state index contributed by atoms with van der Waals surface area (Å²) < 4.78 is 5.09. The quantitative estimate of drug-likeness (QED) is 0.737. The van der Waals surface area contributed by atoms with Crippen LogP contribution in [0, 0.1) is 0 Å². The summed E-state index contributed by atoms with van der Waals surface area (Å²) in [7, 11) is 1.69. The van der Waals surface area contributed by atoms with Crippen molar-refractivity contribution in [3.8, 4) is 0 Å². The van der Waals surface area contributed by atoms with Gasteiger partial charge in [-0.1, -0.05) is 19.4 Å². The van der Waals surface area contributed by atoms with Crippen LogP contribution in [0.15, 0.2) is 11.6 Å². The fraction of sp³-hybridized carbons (Fsp3) is 0.769. The van der Waals surface area contributed by atoms with Gasteiger partial charge in [0.25, 0.3) is 0 Å². The number of methoxy groups -OCH3 is 1. The van der Waals surface area contributed by atoms with Gasteiger partial charge in [-0.25, -0.2) is 0 Å². The van der Waals surface area contributed by atoms with E-state index in [2.05, 4.69) is 6.08 Å². The number of nitrogens with zero attached hydrogens (tertiary/aromatic N) is 1. The van der Waals surface area contributed by atoms with Gasteiger partial charge in [-0.2, -0.15) is 0 Å². The summed E-state index contributed by atoms with van der Waals surface area (Å²) >= 11 is 0. The Kier molecular flexibility index (Phi) is 5.15.